The van der Waals surface area contributed by atoms with E-state index < -0.39 is 17.6 Å². The molecule has 1 aliphatic heterocycles. The van der Waals surface area contributed by atoms with E-state index in [9.17, 15) is 27.6 Å². The summed E-state index contributed by atoms with van der Waals surface area (Å²) >= 11 is 0. The number of halogens is 3. The molecular weight excluding hydrogens is 439 g/mol. The highest BCUT2D eigenvalue weighted by atomic mass is 19.4. The maximum Gasteiger partial charge on any atom is 0.418 e. The molecule has 1 aliphatic rings. The van der Waals surface area contributed by atoms with Crippen LogP contribution in [0.1, 0.15) is 19.4 Å². The summed E-state index contributed by atoms with van der Waals surface area (Å²) in [5, 5.41) is 2.34. The van der Waals surface area contributed by atoms with Gasteiger partial charge < -0.3 is 15.1 Å². The second-order valence-electron chi connectivity index (χ2n) is 7.99. The Morgan fingerprint density at radius 1 is 1.00 bits per heavy atom. The number of hydrogen-bond acceptors (Lipinski definition) is 5. The Balaban J connectivity index is 1.79. The van der Waals surface area contributed by atoms with Crippen LogP contribution in [0.15, 0.2) is 24.3 Å². The molecule has 1 saturated heterocycles. The SMILES string of the molecule is CCN(CC)C(=O)CN(C)CC(=O)N1CCN(CC(=O)Nc2ccccc2C(F)(F)F)CC1. The molecule has 1 aromatic carbocycles. The molecule has 1 fully saturated rings. The number of alkyl halides is 3. The number of benzene rings is 1. The Hall–Kier alpha value is -2.66. The monoisotopic (exact) mass is 471 g/mol. The van der Waals surface area contributed by atoms with Crippen LogP contribution in [0.4, 0.5) is 18.9 Å². The van der Waals surface area contributed by atoms with Gasteiger partial charge in [0.2, 0.25) is 17.7 Å². The lowest BCUT2D eigenvalue weighted by Crippen LogP contribution is -2.52. The molecule has 0 radical (unpaired) electrons. The van der Waals surface area contributed by atoms with Gasteiger partial charge in [-0.1, -0.05) is 12.1 Å². The Labute approximate surface area is 192 Å². The number of nitrogens with one attached hydrogen (secondary N) is 1. The molecule has 0 atom stereocenters. The third-order valence-corrected chi connectivity index (χ3v) is 5.53. The summed E-state index contributed by atoms with van der Waals surface area (Å²) in [7, 11) is 1.72. The minimum Gasteiger partial charge on any atom is -0.342 e. The van der Waals surface area contributed by atoms with Crippen molar-refractivity contribution < 1.29 is 27.6 Å². The highest BCUT2D eigenvalue weighted by Crippen LogP contribution is 2.34. The largest absolute Gasteiger partial charge is 0.418 e. The van der Waals surface area contributed by atoms with Crippen LogP contribution < -0.4 is 5.32 Å². The number of amides is 3. The first-order valence-electron chi connectivity index (χ1n) is 11.0. The Kier molecular flexibility index (Phi) is 9.66. The highest BCUT2D eigenvalue weighted by Gasteiger charge is 2.33. The van der Waals surface area contributed by atoms with Crippen molar-refractivity contribution in [3.05, 3.63) is 29.8 Å². The van der Waals surface area contributed by atoms with Gasteiger partial charge in [0.25, 0.3) is 0 Å². The van der Waals surface area contributed by atoms with Crippen LogP contribution >= 0.6 is 0 Å². The highest BCUT2D eigenvalue weighted by molar-refractivity contribution is 5.93. The number of piperazine rings is 1. The first-order chi connectivity index (χ1) is 15.5. The molecule has 1 N–H and O–H groups in total. The topological polar surface area (TPSA) is 76.2 Å². The van der Waals surface area contributed by atoms with Crippen molar-refractivity contribution in [2.45, 2.75) is 20.0 Å². The first-order valence-corrected chi connectivity index (χ1v) is 11.0. The van der Waals surface area contributed by atoms with Gasteiger partial charge in [-0.15, -0.1) is 0 Å². The van der Waals surface area contributed by atoms with Gasteiger partial charge in [-0.05, 0) is 33.0 Å². The standard InChI is InChI=1S/C22H32F3N5O3/c1-4-29(5-2)20(32)15-27(3)16-21(33)30-12-10-28(11-13-30)14-19(31)26-18-9-7-6-8-17(18)22(23,24)25/h6-9H,4-5,10-16H2,1-3H3,(H,26,31). The quantitative estimate of drug-likeness (QED) is 0.592. The minimum atomic E-state index is -4.56. The van der Waals surface area contributed by atoms with Gasteiger partial charge in [-0.2, -0.15) is 13.2 Å². The van der Waals surface area contributed by atoms with E-state index in [0.29, 0.717) is 39.3 Å². The number of carbonyl (C=O) groups excluding carboxylic acids is 3. The number of para-hydroxylation sites is 1. The van der Waals surface area contributed by atoms with Gasteiger partial charge in [-0.3, -0.25) is 24.2 Å². The molecule has 0 unspecified atom stereocenters. The van der Waals surface area contributed by atoms with Crippen molar-refractivity contribution in [3.63, 3.8) is 0 Å². The van der Waals surface area contributed by atoms with Crippen LogP contribution in [0.2, 0.25) is 0 Å². The van der Waals surface area contributed by atoms with Crippen molar-refractivity contribution in [2.24, 2.45) is 0 Å². The normalized spacial score (nSPS) is 14.9. The van der Waals surface area contributed by atoms with Gasteiger partial charge in [0.15, 0.2) is 0 Å². The van der Waals surface area contributed by atoms with Gasteiger partial charge in [0.05, 0.1) is 30.9 Å². The van der Waals surface area contributed by atoms with E-state index in [2.05, 4.69) is 5.32 Å². The third kappa shape index (κ3) is 8.01. The molecule has 0 saturated carbocycles. The van der Waals surface area contributed by atoms with Crippen molar-refractivity contribution in [2.75, 3.05) is 71.3 Å². The Morgan fingerprint density at radius 2 is 1.61 bits per heavy atom. The van der Waals surface area contributed by atoms with Crippen LogP contribution in [-0.4, -0.2) is 103 Å². The van der Waals surface area contributed by atoms with Crippen LogP contribution in [-0.2, 0) is 20.6 Å². The van der Waals surface area contributed by atoms with E-state index in [0.717, 1.165) is 6.07 Å². The summed E-state index contributed by atoms with van der Waals surface area (Å²) in [5.41, 5.74) is -1.16. The molecule has 184 valence electrons. The van der Waals surface area contributed by atoms with E-state index >= 15 is 0 Å². The minimum absolute atomic E-state index is 0.0294. The predicted molar refractivity (Wildman–Crippen MR) is 119 cm³/mol. The number of hydrogen-bond donors (Lipinski definition) is 1. The van der Waals surface area contributed by atoms with Gasteiger partial charge in [-0.25, -0.2) is 0 Å². The fourth-order valence-electron chi connectivity index (χ4n) is 3.68. The number of rotatable bonds is 9. The molecule has 8 nitrogen and oxygen atoms in total. The van der Waals surface area contributed by atoms with E-state index in [-0.39, 0.29) is 37.1 Å². The van der Waals surface area contributed by atoms with Crippen LogP contribution in [0.25, 0.3) is 0 Å². The molecule has 1 heterocycles. The molecular formula is C22H32F3N5O3. The van der Waals surface area contributed by atoms with Crippen LogP contribution in [0.3, 0.4) is 0 Å². The van der Waals surface area contributed by atoms with E-state index in [1.54, 1.807) is 26.6 Å². The predicted octanol–water partition coefficient (Wildman–Crippen LogP) is 1.59. The zero-order chi connectivity index (χ0) is 24.6. The van der Waals surface area contributed by atoms with Crippen molar-refractivity contribution in [3.8, 4) is 0 Å². The summed E-state index contributed by atoms with van der Waals surface area (Å²) in [6.07, 6.45) is -4.56. The zero-order valence-electron chi connectivity index (χ0n) is 19.3. The van der Waals surface area contributed by atoms with E-state index in [1.807, 2.05) is 13.8 Å². The smallest absolute Gasteiger partial charge is 0.342 e. The molecule has 0 bridgehead atoms. The number of nitrogens with zero attached hydrogens (tertiary/aromatic N) is 4. The second-order valence-corrected chi connectivity index (χ2v) is 7.99. The second kappa shape index (κ2) is 12.0. The Bertz CT molecular complexity index is 822. The summed E-state index contributed by atoms with van der Waals surface area (Å²) < 4.78 is 39.3. The average Bonchev–Trinajstić information content (AvgIpc) is 2.74. The van der Waals surface area contributed by atoms with E-state index in [1.165, 1.54) is 18.2 Å². The fraction of sp³-hybridized carbons (Fsp3) is 0.591. The number of carbonyl (C=O) groups is 3. The lowest BCUT2D eigenvalue weighted by molar-refractivity contribution is -0.137. The number of anilines is 1. The fourth-order valence-corrected chi connectivity index (χ4v) is 3.68. The average molecular weight is 472 g/mol. The third-order valence-electron chi connectivity index (χ3n) is 5.53. The zero-order valence-corrected chi connectivity index (χ0v) is 19.3. The van der Waals surface area contributed by atoms with E-state index in [4.69, 9.17) is 0 Å². The molecule has 11 heteroatoms. The van der Waals surface area contributed by atoms with Crippen molar-refractivity contribution in [1.82, 2.24) is 19.6 Å². The lowest BCUT2D eigenvalue weighted by Gasteiger charge is -2.35. The first kappa shape index (κ1) is 26.6. The molecule has 2 rings (SSSR count). The molecule has 0 aliphatic carbocycles. The molecule has 1 aromatic rings. The van der Waals surface area contributed by atoms with Crippen LogP contribution in [0.5, 0.6) is 0 Å². The molecule has 3 amide bonds. The summed E-state index contributed by atoms with van der Waals surface area (Å²) in [6.45, 7) is 6.93. The van der Waals surface area contributed by atoms with Crippen LogP contribution in [0, 0.1) is 0 Å². The van der Waals surface area contributed by atoms with Gasteiger partial charge >= 0.3 is 6.18 Å². The Morgan fingerprint density at radius 3 is 2.18 bits per heavy atom. The molecule has 0 spiro atoms. The number of likely N-dealkylation sites (N-methyl/N-ethyl adjacent to an activating group) is 2. The molecule has 33 heavy (non-hydrogen) atoms. The lowest BCUT2D eigenvalue weighted by atomic mass is 10.1. The summed E-state index contributed by atoms with van der Waals surface area (Å²) in [5.74, 6) is -0.674. The molecule has 0 aromatic heterocycles. The van der Waals surface area contributed by atoms with Gasteiger partial charge in [0.1, 0.15) is 0 Å². The summed E-state index contributed by atoms with van der Waals surface area (Å²) in [4.78, 5) is 43.9. The van der Waals surface area contributed by atoms with Crippen molar-refractivity contribution >= 4 is 23.4 Å². The summed E-state index contributed by atoms with van der Waals surface area (Å²) in [6, 6.07) is 4.85. The maximum absolute atomic E-state index is 13.1. The maximum atomic E-state index is 13.1. The van der Waals surface area contributed by atoms with Gasteiger partial charge in [0, 0.05) is 39.3 Å². The van der Waals surface area contributed by atoms with Crippen molar-refractivity contribution in [1.29, 1.82) is 0 Å².